The number of likely N-dealkylation sites (tertiary alicyclic amines) is 1. The zero-order chi connectivity index (χ0) is 28.9. The molecule has 1 fully saturated rings. The van der Waals surface area contributed by atoms with Crippen molar-refractivity contribution in [3.05, 3.63) is 100.0 Å². The van der Waals surface area contributed by atoms with Crippen LogP contribution in [0, 0.1) is 19.7 Å². The molecule has 2 aromatic carbocycles. The molecule has 1 amide bonds. The van der Waals surface area contributed by atoms with Crippen LogP contribution in [0.25, 0.3) is 22.7 Å². The Morgan fingerprint density at radius 1 is 1.15 bits per heavy atom. The number of halogens is 1. The van der Waals surface area contributed by atoms with Gasteiger partial charge in [-0.2, -0.15) is 0 Å². The molecule has 6 rings (SSSR count). The predicted molar refractivity (Wildman–Crippen MR) is 154 cm³/mol. The van der Waals surface area contributed by atoms with Crippen molar-refractivity contribution in [1.29, 1.82) is 0 Å². The molecule has 5 aromatic rings. The van der Waals surface area contributed by atoms with Gasteiger partial charge in [0.1, 0.15) is 10.8 Å². The van der Waals surface area contributed by atoms with Crippen LogP contribution in [0.5, 0.6) is 0 Å². The van der Waals surface area contributed by atoms with Crippen LogP contribution in [0.1, 0.15) is 64.4 Å². The summed E-state index contributed by atoms with van der Waals surface area (Å²) < 4.78 is 18.1. The lowest BCUT2D eigenvalue weighted by atomic mass is 10.0. The van der Waals surface area contributed by atoms with Crippen LogP contribution in [-0.2, 0) is 0 Å². The number of aromatic nitrogens is 5. The van der Waals surface area contributed by atoms with Gasteiger partial charge in [-0.05, 0) is 63.4 Å². The highest BCUT2D eigenvalue weighted by Gasteiger charge is 2.33. The summed E-state index contributed by atoms with van der Waals surface area (Å²) in [6, 6.07) is 11.8. The second kappa shape index (κ2) is 12.4. The van der Waals surface area contributed by atoms with E-state index in [2.05, 4.69) is 25.1 Å². The van der Waals surface area contributed by atoms with Crippen molar-refractivity contribution in [2.24, 2.45) is 5.73 Å². The van der Waals surface area contributed by atoms with E-state index >= 15 is 0 Å². The fourth-order valence-corrected chi connectivity index (χ4v) is 5.46. The highest BCUT2D eigenvalue weighted by molar-refractivity contribution is 7.09. The third-order valence-electron chi connectivity index (χ3n) is 6.63. The molecule has 4 heterocycles. The van der Waals surface area contributed by atoms with Crippen LogP contribution in [0.4, 0.5) is 4.39 Å². The summed E-state index contributed by atoms with van der Waals surface area (Å²) >= 11 is 1.60. The maximum absolute atomic E-state index is 13.7. The number of carbonyl (C=O) groups excluding carboxylic acids is 1. The van der Waals surface area contributed by atoms with Gasteiger partial charge < -0.3 is 15.1 Å². The molecule has 3 aromatic heterocycles. The zero-order valence-electron chi connectivity index (χ0n) is 23.0. The van der Waals surface area contributed by atoms with E-state index in [1.165, 1.54) is 6.07 Å². The summed E-state index contributed by atoms with van der Waals surface area (Å²) in [5, 5.41) is 11.2. The van der Waals surface area contributed by atoms with Gasteiger partial charge in [-0.15, -0.1) is 21.5 Å². The molecule has 0 bridgehead atoms. The van der Waals surface area contributed by atoms with Crippen LogP contribution in [0.2, 0.25) is 0 Å². The van der Waals surface area contributed by atoms with Gasteiger partial charge in [0.05, 0.1) is 24.0 Å². The van der Waals surface area contributed by atoms with Crippen LogP contribution < -0.4 is 5.73 Å². The molecule has 11 heteroatoms. The summed E-state index contributed by atoms with van der Waals surface area (Å²) in [4.78, 5) is 28.8. The highest BCUT2D eigenvalue weighted by Crippen LogP contribution is 2.36. The van der Waals surface area contributed by atoms with Gasteiger partial charge in [-0.3, -0.25) is 14.8 Å². The minimum atomic E-state index is -0.386. The van der Waals surface area contributed by atoms with E-state index in [1.54, 1.807) is 62.0 Å². The van der Waals surface area contributed by atoms with Crippen molar-refractivity contribution < 1.29 is 13.6 Å². The van der Waals surface area contributed by atoms with Gasteiger partial charge in [0.15, 0.2) is 0 Å². The normalized spacial score (nSPS) is 15.3. The van der Waals surface area contributed by atoms with E-state index in [9.17, 15) is 9.18 Å². The lowest BCUT2D eigenvalue weighted by Gasteiger charge is -2.23. The number of nitrogens with two attached hydrogens (primary N) is 1. The molecule has 41 heavy (non-hydrogen) atoms. The molecule has 210 valence electrons. The second-order valence-electron chi connectivity index (χ2n) is 9.86. The van der Waals surface area contributed by atoms with Crippen molar-refractivity contribution >= 4 is 17.2 Å². The highest BCUT2D eigenvalue weighted by atomic mass is 32.1. The predicted octanol–water partition coefficient (Wildman–Crippen LogP) is 6.09. The maximum Gasteiger partial charge on any atom is 0.254 e. The first-order valence-corrected chi connectivity index (χ1v) is 14.1. The summed E-state index contributed by atoms with van der Waals surface area (Å²) in [6.07, 6.45) is 6.72. The standard InChI is InChI=1S/C23H23N7O2S.C7H7F/c1-13-12-33-22(27-13)19-4-3-7-30(19)23(31)17-9-15(18-11-25-5-6-26-18)8-16(10-17)21-29-28-20(32-21)14(2)24;1-6-4-2-3-5-7(6)8/h5-6,8-12,14,19H,3-4,7,24H2,1-2H3;2-5H,1H3/t14-,19?;/m0./s1. The number of nitrogens with zero attached hydrogens (tertiary/aromatic N) is 6. The van der Waals surface area contributed by atoms with Crippen LogP contribution in [0.15, 0.2) is 70.9 Å². The molecule has 1 aliphatic rings. The molecule has 2 N–H and O–H groups in total. The fourth-order valence-electron chi connectivity index (χ4n) is 4.51. The van der Waals surface area contributed by atoms with Crippen LogP contribution >= 0.6 is 11.3 Å². The number of benzene rings is 2. The van der Waals surface area contributed by atoms with E-state index in [4.69, 9.17) is 10.2 Å². The van der Waals surface area contributed by atoms with Crippen molar-refractivity contribution in [3.63, 3.8) is 0 Å². The molecule has 1 saturated heterocycles. The second-order valence-corrected chi connectivity index (χ2v) is 10.7. The number of amides is 1. The fraction of sp³-hybridized carbons (Fsp3) is 0.267. The maximum atomic E-state index is 13.7. The van der Waals surface area contributed by atoms with Gasteiger partial charge in [-0.1, -0.05) is 18.2 Å². The Morgan fingerprint density at radius 3 is 2.59 bits per heavy atom. The number of thiazole rings is 1. The number of carbonyl (C=O) groups is 1. The Morgan fingerprint density at radius 2 is 1.95 bits per heavy atom. The molecule has 1 aliphatic heterocycles. The topological polar surface area (TPSA) is 124 Å². The SMILES string of the molecule is Cc1ccccc1F.Cc1csc(C2CCCN2C(=O)c2cc(-c3cnccn3)cc(-c3nnc([C@H](C)N)o3)c2)n1. The smallest absolute Gasteiger partial charge is 0.254 e. The first-order chi connectivity index (χ1) is 19.8. The molecule has 0 radical (unpaired) electrons. The van der Waals surface area contributed by atoms with E-state index in [0.717, 1.165) is 29.1 Å². The number of rotatable bonds is 5. The van der Waals surface area contributed by atoms with Crippen molar-refractivity contribution in [1.82, 2.24) is 30.0 Å². The van der Waals surface area contributed by atoms with E-state index in [1.807, 2.05) is 35.4 Å². The molecular weight excluding hydrogens is 541 g/mol. The Bertz CT molecular complexity index is 1620. The Balaban J connectivity index is 0.000000365. The van der Waals surface area contributed by atoms with Gasteiger partial charge in [0, 0.05) is 46.7 Å². The number of hydrogen-bond acceptors (Lipinski definition) is 9. The average molecular weight is 572 g/mol. The molecule has 0 aliphatic carbocycles. The van der Waals surface area contributed by atoms with Gasteiger partial charge >= 0.3 is 0 Å². The summed E-state index contributed by atoms with van der Waals surface area (Å²) in [5.41, 5.74) is 10.1. The van der Waals surface area contributed by atoms with Crippen molar-refractivity contribution in [2.45, 2.75) is 45.7 Å². The third kappa shape index (κ3) is 6.53. The lowest BCUT2D eigenvalue weighted by Crippen LogP contribution is -2.30. The van der Waals surface area contributed by atoms with Crippen LogP contribution in [-0.4, -0.2) is 42.5 Å². The van der Waals surface area contributed by atoms with Gasteiger partial charge in [0.25, 0.3) is 5.91 Å². The monoisotopic (exact) mass is 571 g/mol. The quantitative estimate of drug-likeness (QED) is 0.269. The van der Waals surface area contributed by atoms with Crippen molar-refractivity contribution in [3.8, 4) is 22.7 Å². The molecule has 1 unspecified atom stereocenters. The van der Waals surface area contributed by atoms with Gasteiger partial charge in [-0.25, -0.2) is 9.37 Å². The number of hydrogen-bond donors (Lipinski definition) is 1. The van der Waals surface area contributed by atoms with E-state index in [0.29, 0.717) is 40.7 Å². The lowest BCUT2D eigenvalue weighted by molar-refractivity contribution is 0.0735. The largest absolute Gasteiger partial charge is 0.419 e. The zero-order valence-corrected chi connectivity index (χ0v) is 23.8. The minimum Gasteiger partial charge on any atom is -0.419 e. The summed E-state index contributed by atoms with van der Waals surface area (Å²) in [7, 11) is 0. The first kappa shape index (κ1) is 28.2. The molecule has 2 atom stereocenters. The third-order valence-corrected chi connectivity index (χ3v) is 7.69. The average Bonchev–Trinajstić information content (AvgIpc) is 3.76. The molecular formula is C30H30FN7O2S. The number of aryl methyl sites for hydroxylation is 2. The minimum absolute atomic E-state index is 0.0204. The Labute approximate surface area is 241 Å². The molecule has 0 spiro atoms. The first-order valence-electron chi connectivity index (χ1n) is 13.2. The van der Waals surface area contributed by atoms with E-state index in [-0.39, 0.29) is 23.8 Å². The summed E-state index contributed by atoms with van der Waals surface area (Å²) in [5.74, 6) is 0.439. The van der Waals surface area contributed by atoms with E-state index < -0.39 is 0 Å². The molecule has 9 nitrogen and oxygen atoms in total. The molecule has 0 saturated carbocycles. The Kier molecular flexibility index (Phi) is 8.55. The van der Waals surface area contributed by atoms with Crippen LogP contribution in [0.3, 0.4) is 0 Å². The van der Waals surface area contributed by atoms with Gasteiger partial charge in [0.2, 0.25) is 11.8 Å². The Hall–Kier alpha value is -4.35. The van der Waals surface area contributed by atoms with Crippen molar-refractivity contribution in [2.75, 3.05) is 6.54 Å². The summed E-state index contributed by atoms with van der Waals surface area (Å²) in [6.45, 7) is 6.17.